The molecule has 1 N–H and O–H groups in total. The molecule has 0 radical (unpaired) electrons. The van der Waals surface area contributed by atoms with Gasteiger partial charge >= 0.3 is 18.0 Å². The molecule has 1 fully saturated rings. The fourth-order valence-corrected chi connectivity index (χ4v) is 3.56. The van der Waals surface area contributed by atoms with Crippen LogP contribution in [0.25, 0.3) is 11.4 Å². The summed E-state index contributed by atoms with van der Waals surface area (Å²) in [6.07, 6.45) is -7.95. The fraction of sp³-hybridized carbons (Fsp3) is 0.318. The highest BCUT2D eigenvalue weighted by atomic mass is 19.4. The minimum absolute atomic E-state index is 0.0624. The predicted molar refractivity (Wildman–Crippen MR) is 109 cm³/mol. The molecule has 0 unspecified atom stereocenters. The van der Waals surface area contributed by atoms with E-state index in [1.165, 1.54) is 28.8 Å². The van der Waals surface area contributed by atoms with E-state index in [0.29, 0.717) is 12.8 Å². The number of benzene rings is 2. The first kappa shape index (κ1) is 23.6. The Morgan fingerprint density at radius 3 is 2.35 bits per heavy atom. The lowest BCUT2D eigenvalue weighted by Crippen LogP contribution is -2.33. The van der Waals surface area contributed by atoms with Crippen LogP contribution in [0.4, 0.5) is 26.3 Å². The lowest BCUT2D eigenvalue weighted by Gasteiger charge is -2.12. The normalized spacial score (nSPS) is 14.3. The molecule has 0 atom stereocenters. The summed E-state index contributed by atoms with van der Waals surface area (Å²) in [5.74, 6) is -0.909. The highest BCUT2D eigenvalue weighted by Gasteiger charge is 2.35. The van der Waals surface area contributed by atoms with Crippen LogP contribution in [-0.2, 0) is 18.9 Å². The van der Waals surface area contributed by atoms with Crippen LogP contribution in [0.1, 0.15) is 40.4 Å². The van der Waals surface area contributed by atoms with Crippen LogP contribution in [0.15, 0.2) is 53.3 Å². The zero-order chi connectivity index (χ0) is 24.7. The number of carbonyl (C=O) groups is 1. The van der Waals surface area contributed by atoms with Crippen LogP contribution >= 0.6 is 0 Å². The number of halogens is 6. The molecular formula is C22H18F6N4O2. The molecule has 1 aliphatic carbocycles. The van der Waals surface area contributed by atoms with Gasteiger partial charge in [0.25, 0.3) is 5.91 Å². The number of aromatic nitrogens is 3. The van der Waals surface area contributed by atoms with Crippen LogP contribution in [0.5, 0.6) is 0 Å². The van der Waals surface area contributed by atoms with E-state index in [2.05, 4.69) is 10.4 Å². The summed E-state index contributed by atoms with van der Waals surface area (Å²) in [7, 11) is 0. The second-order valence-electron chi connectivity index (χ2n) is 7.81. The van der Waals surface area contributed by atoms with Gasteiger partial charge in [-0.1, -0.05) is 24.3 Å². The molecule has 2 aromatic carbocycles. The van der Waals surface area contributed by atoms with E-state index >= 15 is 0 Å². The van der Waals surface area contributed by atoms with Crippen molar-refractivity contribution in [3.05, 3.63) is 75.7 Å². The van der Waals surface area contributed by atoms with Crippen molar-refractivity contribution < 1.29 is 31.1 Å². The maximum atomic E-state index is 13.1. The van der Waals surface area contributed by atoms with Crippen molar-refractivity contribution >= 4 is 5.91 Å². The molecule has 0 bridgehead atoms. The van der Waals surface area contributed by atoms with Crippen LogP contribution in [0, 0.1) is 0 Å². The topological polar surface area (TPSA) is 68.9 Å². The molecule has 1 amide bonds. The van der Waals surface area contributed by atoms with Crippen LogP contribution in [0.3, 0.4) is 0 Å². The van der Waals surface area contributed by atoms with Gasteiger partial charge in [0.1, 0.15) is 0 Å². The van der Waals surface area contributed by atoms with Gasteiger partial charge in [-0.15, -0.1) is 5.10 Å². The number of amides is 1. The SMILES string of the molecule is O=C(NCCn1nc(-c2cccc(C(F)(F)F)c2)n(C2CC2)c1=O)c1ccccc1C(F)(F)F. The second kappa shape index (κ2) is 8.65. The summed E-state index contributed by atoms with van der Waals surface area (Å²) in [6.45, 7) is -0.390. The Morgan fingerprint density at radius 2 is 1.71 bits per heavy atom. The quantitative estimate of drug-likeness (QED) is 0.524. The van der Waals surface area contributed by atoms with Crippen LogP contribution < -0.4 is 11.0 Å². The Bertz CT molecular complexity index is 1270. The van der Waals surface area contributed by atoms with E-state index in [-0.39, 0.29) is 30.5 Å². The third-order valence-corrected chi connectivity index (χ3v) is 5.32. The zero-order valence-corrected chi connectivity index (χ0v) is 17.5. The first-order valence-corrected chi connectivity index (χ1v) is 10.3. The number of carbonyl (C=O) groups excluding carboxylic acids is 1. The molecule has 0 saturated heterocycles. The van der Waals surface area contributed by atoms with Crippen molar-refractivity contribution in [1.82, 2.24) is 19.7 Å². The summed E-state index contributed by atoms with van der Waals surface area (Å²) in [6, 6.07) is 8.55. The van der Waals surface area contributed by atoms with Crippen LogP contribution in [-0.4, -0.2) is 26.8 Å². The van der Waals surface area contributed by atoms with Crippen molar-refractivity contribution in [2.45, 2.75) is 37.8 Å². The summed E-state index contributed by atoms with van der Waals surface area (Å²) in [4.78, 5) is 25.1. The summed E-state index contributed by atoms with van der Waals surface area (Å²) < 4.78 is 81.1. The molecule has 1 aromatic heterocycles. The number of nitrogens with one attached hydrogen (secondary N) is 1. The number of alkyl halides is 6. The molecule has 0 spiro atoms. The van der Waals surface area contributed by atoms with Gasteiger partial charge in [0.05, 0.1) is 23.2 Å². The van der Waals surface area contributed by atoms with E-state index in [0.717, 1.165) is 28.9 Å². The first-order valence-electron chi connectivity index (χ1n) is 10.3. The monoisotopic (exact) mass is 484 g/mol. The lowest BCUT2D eigenvalue weighted by atomic mass is 10.1. The van der Waals surface area contributed by atoms with Crippen molar-refractivity contribution in [3.8, 4) is 11.4 Å². The Balaban J connectivity index is 1.55. The Hall–Kier alpha value is -3.57. The molecule has 34 heavy (non-hydrogen) atoms. The average molecular weight is 484 g/mol. The van der Waals surface area contributed by atoms with E-state index in [1.54, 1.807) is 0 Å². The van der Waals surface area contributed by atoms with Gasteiger partial charge < -0.3 is 5.32 Å². The highest BCUT2D eigenvalue weighted by molar-refractivity contribution is 5.95. The molecule has 1 saturated carbocycles. The number of hydrogen-bond acceptors (Lipinski definition) is 3. The second-order valence-corrected chi connectivity index (χ2v) is 7.81. The Kier molecular flexibility index (Phi) is 6.00. The molecule has 12 heteroatoms. The molecule has 180 valence electrons. The van der Waals surface area contributed by atoms with Crippen molar-refractivity contribution in [3.63, 3.8) is 0 Å². The first-order chi connectivity index (χ1) is 16.0. The third-order valence-electron chi connectivity index (χ3n) is 5.32. The summed E-state index contributed by atoms with van der Waals surface area (Å²) >= 11 is 0. The minimum Gasteiger partial charge on any atom is -0.350 e. The van der Waals surface area contributed by atoms with Crippen LogP contribution in [0.2, 0.25) is 0 Å². The van der Waals surface area contributed by atoms with E-state index < -0.39 is 40.6 Å². The van der Waals surface area contributed by atoms with Gasteiger partial charge in [-0.3, -0.25) is 9.36 Å². The smallest absolute Gasteiger partial charge is 0.350 e. The number of nitrogens with zero attached hydrogens (tertiary/aromatic N) is 3. The van der Waals surface area contributed by atoms with E-state index in [1.807, 2.05) is 0 Å². The average Bonchev–Trinajstić information content (AvgIpc) is 3.56. The third kappa shape index (κ3) is 4.85. The van der Waals surface area contributed by atoms with E-state index in [4.69, 9.17) is 0 Å². The van der Waals surface area contributed by atoms with Gasteiger partial charge in [0.15, 0.2) is 5.82 Å². The van der Waals surface area contributed by atoms with E-state index in [9.17, 15) is 35.9 Å². The highest BCUT2D eigenvalue weighted by Crippen LogP contribution is 2.38. The fourth-order valence-electron chi connectivity index (χ4n) is 3.56. The van der Waals surface area contributed by atoms with Gasteiger partial charge in [-0.2, -0.15) is 26.3 Å². The summed E-state index contributed by atoms with van der Waals surface area (Å²) in [5, 5.41) is 6.49. The molecule has 6 nitrogen and oxygen atoms in total. The number of hydrogen-bond donors (Lipinski definition) is 1. The predicted octanol–water partition coefficient (Wildman–Crippen LogP) is 4.51. The molecule has 3 aromatic rings. The maximum Gasteiger partial charge on any atom is 0.417 e. The molecular weight excluding hydrogens is 466 g/mol. The summed E-state index contributed by atoms with van der Waals surface area (Å²) in [5.41, 5.74) is -2.99. The zero-order valence-electron chi connectivity index (χ0n) is 17.5. The van der Waals surface area contributed by atoms with Gasteiger partial charge in [-0.05, 0) is 37.1 Å². The lowest BCUT2D eigenvalue weighted by molar-refractivity contribution is -0.138. The molecule has 1 aliphatic rings. The molecule has 0 aliphatic heterocycles. The van der Waals surface area contributed by atoms with Crippen molar-refractivity contribution in [2.75, 3.05) is 6.54 Å². The van der Waals surface area contributed by atoms with Gasteiger partial charge in [0, 0.05) is 18.2 Å². The standard InChI is InChI=1S/C22H18F6N4O2/c23-21(24,25)14-5-3-4-13(12-14)18-30-31(20(34)32(18)15-8-9-15)11-10-29-19(33)16-6-1-2-7-17(16)22(26,27)28/h1-7,12,15H,8-11H2,(H,29,33). The molecule has 1 heterocycles. The Morgan fingerprint density at radius 1 is 1.00 bits per heavy atom. The molecule has 4 rings (SSSR count). The number of rotatable bonds is 6. The minimum atomic E-state index is -4.71. The van der Waals surface area contributed by atoms with Gasteiger partial charge in [-0.25, -0.2) is 9.48 Å². The van der Waals surface area contributed by atoms with Crippen molar-refractivity contribution in [1.29, 1.82) is 0 Å². The Labute approximate surface area is 188 Å². The largest absolute Gasteiger partial charge is 0.417 e. The van der Waals surface area contributed by atoms with Crippen molar-refractivity contribution in [2.24, 2.45) is 0 Å². The van der Waals surface area contributed by atoms with Gasteiger partial charge in [0.2, 0.25) is 0 Å². The maximum absolute atomic E-state index is 13.1.